The summed E-state index contributed by atoms with van der Waals surface area (Å²) < 4.78 is 4.27. The molecule has 0 aromatic carbocycles. The number of hydrogen-bond donors (Lipinski definition) is 2. The second kappa shape index (κ2) is 2.06. The third kappa shape index (κ3) is 1.04. The zero-order valence-corrected chi connectivity index (χ0v) is 5.69. The Morgan fingerprint density at radius 1 is 1.83 bits per heavy atom. The van der Waals surface area contributed by atoms with Gasteiger partial charge in [-0.1, -0.05) is 0 Å². The summed E-state index contributed by atoms with van der Waals surface area (Å²) >= 11 is 0.267. The van der Waals surface area contributed by atoms with Gasteiger partial charge in [-0.25, -0.2) is 0 Å². The van der Waals surface area contributed by atoms with E-state index < -0.39 is 0 Å². The summed E-state index contributed by atoms with van der Waals surface area (Å²) in [6.07, 6.45) is 0. The van der Waals surface area contributed by atoms with Gasteiger partial charge in [-0.3, -0.25) is 0 Å². The van der Waals surface area contributed by atoms with Crippen LogP contribution in [0.25, 0.3) is 0 Å². The minimum absolute atomic E-state index is 0.267. The molecule has 1 heterocycles. The summed E-state index contributed by atoms with van der Waals surface area (Å²) in [5, 5.41) is 2.05. The first kappa shape index (κ1) is 4.76. The third-order valence-electron chi connectivity index (χ3n) is 0.539. The molecule has 2 N–H and O–H groups in total. The van der Waals surface area contributed by atoms with Gasteiger partial charge in [0.25, 0.3) is 0 Å². The Balaban J connectivity index is 2.18. The topological polar surface area (TPSA) is 27.3 Å². The first-order chi connectivity index (χ1) is 2.89. The summed E-state index contributed by atoms with van der Waals surface area (Å²) in [5.41, 5.74) is 2.95. The van der Waals surface area contributed by atoms with Crippen molar-refractivity contribution in [1.82, 2.24) is 14.2 Å². The maximum absolute atomic E-state index is 3.06. The second-order valence-electron chi connectivity index (χ2n) is 1.16. The van der Waals surface area contributed by atoms with E-state index in [9.17, 15) is 0 Å². The van der Waals surface area contributed by atoms with E-state index >= 15 is 0 Å². The molecule has 1 fully saturated rings. The zero-order valence-electron chi connectivity index (χ0n) is 3.53. The molecule has 3 nitrogen and oxygen atoms in total. The Labute approximate surface area is 47.6 Å². The Morgan fingerprint density at radius 3 is 2.83 bits per heavy atom. The quantitative estimate of drug-likeness (QED) is 0.180. The Kier molecular flexibility index (Phi) is 1.63. The van der Waals surface area contributed by atoms with Crippen molar-refractivity contribution >= 4 is 0 Å². The molecule has 1 rings (SSSR count). The van der Waals surface area contributed by atoms with Gasteiger partial charge >= 0.3 is 47.3 Å². The number of rotatable bonds is 0. The monoisotopic (exact) mass is 200 g/mol. The Bertz CT molecular complexity index is 42.1. The molecule has 0 saturated carbocycles. The molecule has 0 atom stereocenters. The van der Waals surface area contributed by atoms with Crippen LogP contribution in [0.3, 0.4) is 0 Å². The van der Waals surface area contributed by atoms with Crippen LogP contribution in [0.2, 0.25) is 0 Å². The van der Waals surface area contributed by atoms with Crippen molar-refractivity contribution < 1.29 is 21.5 Å². The van der Waals surface area contributed by atoms with E-state index in [1.807, 2.05) is 12.1 Å². The van der Waals surface area contributed by atoms with Crippen molar-refractivity contribution in [3.8, 4) is 0 Å². The summed E-state index contributed by atoms with van der Waals surface area (Å²) in [4.78, 5) is 0. The first-order valence-corrected chi connectivity index (χ1v) is 4.30. The van der Waals surface area contributed by atoms with Crippen LogP contribution in [0.4, 0.5) is 0 Å². The van der Waals surface area contributed by atoms with Crippen LogP contribution in [-0.2, 0) is 0 Å². The van der Waals surface area contributed by atoms with Crippen molar-refractivity contribution in [1.29, 1.82) is 0 Å². The average molecular weight is 200 g/mol. The predicted octanol–water partition coefficient (Wildman–Crippen LogP) is -4.10. The molecule has 1 aliphatic rings. The third-order valence-corrected chi connectivity index (χ3v) is 2.53. The fourth-order valence-corrected chi connectivity index (χ4v) is 1.69. The van der Waals surface area contributed by atoms with Crippen LogP contribution in [-0.4, -0.2) is 16.6 Å². The van der Waals surface area contributed by atoms with Gasteiger partial charge in [0.2, 0.25) is 0 Å². The second-order valence-corrected chi connectivity index (χ2v) is 3.14. The molecule has 0 aromatic rings. The van der Waals surface area contributed by atoms with Gasteiger partial charge in [-0.15, -0.1) is 0 Å². The van der Waals surface area contributed by atoms with Crippen molar-refractivity contribution in [3.05, 3.63) is 0 Å². The van der Waals surface area contributed by atoms with Crippen molar-refractivity contribution in [2.24, 2.45) is 0 Å². The van der Waals surface area contributed by atoms with E-state index in [2.05, 4.69) is 9.17 Å². The molecule has 0 radical (unpaired) electrons. The van der Waals surface area contributed by atoms with Gasteiger partial charge in [-0.05, 0) is 0 Å². The Morgan fingerprint density at radius 2 is 2.67 bits per heavy atom. The molecular weight excluding hydrogens is 193 g/mol. The molecule has 0 unspecified atom stereocenters. The summed E-state index contributed by atoms with van der Waals surface area (Å²) in [6.45, 7) is 0. The van der Waals surface area contributed by atoms with E-state index in [1.165, 1.54) is 4.55 Å². The number of halogens is 1. The van der Waals surface area contributed by atoms with E-state index in [-0.39, 0.29) is 21.5 Å². The van der Waals surface area contributed by atoms with E-state index in [0.29, 0.717) is 0 Å². The van der Waals surface area contributed by atoms with Crippen LogP contribution in [0.5, 0.6) is 0 Å². The molecular formula is C2H7IN3-. The van der Waals surface area contributed by atoms with Gasteiger partial charge in [0.15, 0.2) is 0 Å². The summed E-state index contributed by atoms with van der Waals surface area (Å²) in [7, 11) is 2.03. The van der Waals surface area contributed by atoms with Crippen molar-refractivity contribution in [3.63, 3.8) is 0 Å². The number of nitrogens with zero attached hydrogens (tertiary/aromatic N) is 1. The van der Waals surface area contributed by atoms with Crippen LogP contribution >= 0.6 is 0 Å². The van der Waals surface area contributed by atoms with Gasteiger partial charge in [0.05, 0.1) is 0 Å². The maximum atomic E-state index is 3.06. The van der Waals surface area contributed by atoms with Crippen molar-refractivity contribution in [2.75, 3.05) is 11.6 Å². The molecule has 1 aliphatic heterocycles. The normalized spacial score (nSPS) is 26.8. The number of hydrogen-bond acceptors (Lipinski definition) is 3. The van der Waals surface area contributed by atoms with Crippen LogP contribution in [0.15, 0.2) is 0 Å². The van der Waals surface area contributed by atoms with Gasteiger partial charge < -0.3 is 0 Å². The molecule has 38 valence electrons. The summed E-state index contributed by atoms with van der Waals surface area (Å²) in [6, 6.07) is 0. The average Bonchev–Trinajstić information content (AvgIpc) is 1.86. The number of hydrazine groups is 2. The molecule has 0 bridgehead atoms. The fraction of sp³-hybridized carbons (Fsp3) is 1.00. The fourth-order valence-electron chi connectivity index (χ4n) is 0.251. The van der Waals surface area contributed by atoms with Gasteiger partial charge in [0.1, 0.15) is 0 Å². The molecule has 4 heteroatoms. The van der Waals surface area contributed by atoms with Gasteiger partial charge in [0, 0.05) is 0 Å². The van der Waals surface area contributed by atoms with Crippen LogP contribution in [0, 0.1) is 0 Å². The Hall–Kier alpha value is 0.610. The zero-order chi connectivity index (χ0) is 4.41. The van der Waals surface area contributed by atoms with Gasteiger partial charge in [-0.2, -0.15) is 0 Å². The first-order valence-electron chi connectivity index (χ1n) is 1.69. The SMILES string of the molecule is CN1C[I-]NN1. The van der Waals surface area contributed by atoms with Crippen LogP contribution < -0.4 is 30.7 Å². The van der Waals surface area contributed by atoms with Crippen molar-refractivity contribution in [2.45, 2.75) is 0 Å². The predicted molar refractivity (Wildman–Crippen MR) is 18.9 cm³/mol. The minimum atomic E-state index is 0.267. The molecule has 0 aromatic heterocycles. The number of alkyl halides is 1. The summed E-state index contributed by atoms with van der Waals surface area (Å²) in [5.74, 6) is 0. The molecule has 6 heavy (non-hydrogen) atoms. The molecule has 0 amide bonds. The molecule has 0 aliphatic carbocycles. The van der Waals surface area contributed by atoms with E-state index in [0.717, 1.165) is 0 Å². The van der Waals surface area contributed by atoms with E-state index in [4.69, 9.17) is 0 Å². The number of nitrogens with one attached hydrogen (secondary N) is 2. The van der Waals surface area contributed by atoms with E-state index in [1.54, 1.807) is 0 Å². The molecule has 0 spiro atoms. The van der Waals surface area contributed by atoms with Crippen LogP contribution in [0.1, 0.15) is 0 Å². The molecule has 1 saturated heterocycles. The standard InChI is InChI=1S/C2H7IN3/c1-6-2-3-4-5-6/h4-5H,2H2,1H3/q-1.